The fourth-order valence-corrected chi connectivity index (χ4v) is 8.30. The first-order valence-electron chi connectivity index (χ1n) is 11.0. The molecule has 4 rings (SSSR count). The Morgan fingerprint density at radius 1 is 1.21 bits per heavy atom. The van der Waals surface area contributed by atoms with Gasteiger partial charge >= 0.3 is 123 Å². The molecule has 3 aliphatic heterocycles. The molecule has 2 saturated heterocycles. The number of hydrogen-bond acceptors (Lipinski definition) is 8. The van der Waals surface area contributed by atoms with Crippen LogP contribution in [0.15, 0.2) is 24.3 Å². The number of carbonyl (C=O) groups is 4. The van der Waals surface area contributed by atoms with Crippen molar-refractivity contribution in [2.75, 3.05) is 40.5 Å². The van der Waals surface area contributed by atoms with Gasteiger partial charge in [-0.3, -0.25) is 9.59 Å². The van der Waals surface area contributed by atoms with Gasteiger partial charge in [0.2, 0.25) is 11.8 Å². The van der Waals surface area contributed by atoms with Gasteiger partial charge < -0.3 is 19.7 Å². The van der Waals surface area contributed by atoms with E-state index in [-0.39, 0.29) is 39.4 Å². The summed E-state index contributed by atoms with van der Waals surface area (Å²) < 4.78 is 24.9. The number of fused-ring (bicyclic) bond motifs is 1. The van der Waals surface area contributed by atoms with Crippen LogP contribution in [0.4, 0.5) is 0 Å². The van der Waals surface area contributed by atoms with Crippen molar-refractivity contribution in [3.63, 3.8) is 0 Å². The molecule has 0 aromatic heterocycles. The molecule has 2 N–H and O–H groups in total. The van der Waals surface area contributed by atoms with E-state index in [9.17, 15) is 25.7 Å². The Kier molecular flexibility index (Phi) is 20.2. The number of aliphatic hydroxyl groups excluding tert-OH is 1. The zero-order chi connectivity index (χ0) is 29.3. The monoisotopic (exact) mass is 830 g/mol. The molecule has 0 saturated carbocycles. The van der Waals surface area contributed by atoms with Crippen molar-refractivity contribution in [3.05, 3.63) is 33.4 Å². The molecule has 212 valence electrons. The molecule has 3 heterocycles. The number of halogens is 2. The Morgan fingerprint density at radius 2 is 1.76 bits per heavy atom. The maximum absolute atomic E-state index is 11.2. The fourth-order valence-electron chi connectivity index (χ4n) is 3.12. The second kappa shape index (κ2) is 20.5. The number of carbonyl (C=O) groups excluding carboxylic acids is 4. The van der Waals surface area contributed by atoms with Gasteiger partial charge in [-0.15, -0.1) is 0 Å². The number of likely N-dealkylation sites (tertiary alicyclic amines) is 2. The summed E-state index contributed by atoms with van der Waals surface area (Å²) in [4.78, 5) is 47.1. The number of amides is 2. The minimum absolute atomic E-state index is 0.0532. The summed E-state index contributed by atoms with van der Waals surface area (Å²) in [6.07, 6.45) is 3.85. The topological polar surface area (TPSA) is 142 Å². The summed E-state index contributed by atoms with van der Waals surface area (Å²) in [7, 11) is 6.27. The van der Waals surface area contributed by atoms with Crippen molar-refractivity contribution in [1.82, 2.24) is 9.80 Å². The molecule has 17 heteroatoms. The van der Waals surface area contributed by atoms with Gasteiger partial charge in [-0.1, -0.05) is 11.8 Å². The Bertz CT molecular complexity index is 1090. The molecule has 0 aliphatic carbocycles. The van der Waals surface area contributed by atoms with Gasteiger partial charge in [0.05, 0.1) is 0 Å². The summed E-state index contributed by atoms with van der Waals surface area (Å²) >= 11 is 2.11. The number of aliphatic hydroxyl groups is 1. The quantitative estimate of drug-likeness (QED) is 0.199. The van der Waals surface area contributed by atoms with Crippen molar-refractivity contribution < 1.29 is 33.9 Å². The molecular formula is C21H31BI2N2O8P2S2. The van der Waals surface area contributed by atoms with Crippen molar-refractivity contribution in [3.8, 4) is 0 Å². The predicted octanol–water partition coefficient (Wildman–Crippen LogP) is 3.33. The van der Waals surface area contributed by atoms with Gasteiger partial charge in [0.25, 0.3) is 0 Å². The first-order chi connectivity index (χ1) is 17.9. The molecule has 10 nitrogen and oxygen atoms in total. The van der Waals surface area contributed by atoms with E-state index >= 15 is 0 Å². The Labute approximate surface area is 253 Å². The summed E-state index contributed by atoms with van der Waals surface area (Å²) in [6, 6.07) is 6.16. The van der Waals surface area contributed by atoms with Crippen molar-refractivity contribution in [1.29, 1.82) is 0 Å². The first-order valence-corrected chi connectivity index (χ1v) is 22.3. The average molecular weight is 830 g/mol. The molecule has 3 aliphatic rings. The summed E-state index contributed by atoms with van der Waals surface area (Å²) in [5.41, 5.74) is 0.214. The van der Waals surface area contributed by atoms with Crippen LogP contribution in [0.2, 0.25) is 6.82 Å². The summed E-state index contributed by atoms with van der Waals surface area (Å²) in [5, 5.41) is 8.62. The molecule has 3 atom stereocenters. The molecule has 0 radical (unpaired) electrons. The van der Waals surface area contributed by atoms with Gasteiger partial charge in [0, 0.05) is 58.5 Å². The minimum atomic E-state index is -4.54. The Balaban J connectivity index is 0.000000481. The summed E-state index contributed by atoms with van der Waals surface area (Å²) in [6.45, 7) is 5.40. The van der Waals surface area contributed by atoms with E-state index in [1.807, 2.05) is 13.5 Å². The zero-order valence-electron chi connectivity index (χ0n) is 21.4. The molecule has 0 spiro atoms. The average Bonchev–Trinajstić information content (AvgIpc) is 3.47. The molecule has 38 heavy (non-hydrogen) atoms. The van der Waals surface area contributed by atoms with Gasteiger partial charge in [0.15, 0.2) is 0 Å². The Morgan fingerprint density at radius 3 is 2.08 bits per heavy atom. The number of hydrogen-bond donors (Lipinski definition) is 2. The van der Waals surface area contributed by atoms with Crippen molar-refractivity contribution >= 4 is 106 Å². The van der Waals surface area contributed by atoms with Crippen LogP contribution in [0, 0.1) is 15.4 Å². The SMILES string of the molecule is CB=S=PI.CN1CC(C=O)CC1=O.CN1CC(CO)CC1=O.CP=S.O=C1OI(=O)(O)c2ccccc21. The van der Waals surface area contributed by atoms with Crippen LogP contribution in [0.1, 0.15) is 23.2 Å². The van der Waals surface area contributed by atoms with Crippen LogP contribution < -0.4 is 0 Å². The standard InChI is InChI=1S/C7H5IO4.C6H11NO2.C6H9NO2.CH3BIPS.CH3PS/c9-7-5-3-1-2-4-6(5)8(10,11)12-7;2*1-7-3-5(4-8)2-6(7)9;1-2-5-4-3;1-2-3/h1-4H,(H,10,11);5,8H,2-4H2,1H3;4-5H,2-3H2,1H3;1H3;1H3. The second-order valence-electron chi connectivity index (χ2n) is 7.78. The van der Waals surface area contributed by atoms with Crippen LogP contribution in [-0.2, 0) is 42.7 Å². The molecule has 3 unspecified atom stereocenters. The third kappa shape index (κ3) is 13.8. The van der Waals surface area contributed by atoms with Crippen LogP contribution in [0.3, 0.4) is 0 Å². The number of nitrogens with zero attached hydrogens (tertiary/aromatic N) is 2. The zero-order valence-corrected chi connectivity index (χ0v) is 29.1. The van der Waals surface area contributed by atoms with Crippen LogP contribution in [-0.4, -0.2) is 89.0 Å². The van der Waals surface area contributed by atoms with Crippen LogP contribution in [0.5, 0.6) is 0 Å². The maximum atomic E-state index is 11.2. The first kappa shape index (κ1) is 37.6. The van der Waals surface area contributed by atoms with E-state index in [4.69, 9.17) is 5.11 Å². The molecule has 1 aromatic carbocycles. The molecule has 0 bridgehead atoms. The number of rotatable bonds is 2. The molecule has 2 fully saturated rings. The second-order valence-corrected chi connectivity index (χ2v) is 18.8. The number of aldehydes is 1. The molecular weight excluding hydrogens is 799 g/mol. The third-order valence-electron chi connectivity index (χ3n) is 4.91. The van der Waals surface area contributed by atoms with Gasteiger partial charge in [0.1, 0.15) is 6.29 Å². The van der Waals surface area contributed by atoms with E-state index in [2.05, 4.69) is 43.1 Å². The molecule has 2 amide bonds. The number of benzene rings is 1. The van der Waals surface area contributed by atoms with E-state index < -0.39 is 25.2 Å². The van der Waals surface area contributed by atoms with E-state index in [0.717, 1.165) is 20.2 Å². The molecule has 1 aromatic rings. The van der Waals surface area contributed by atoms with Gasteiger partial charge in [-0.05, 0) is 14.0 Å². The van der Waals surface area contributed by atoms with Gasteiger partial charge in [-0.25, -0.2) is 0 Å². The van der Waals surface area contributed by atoms with E-state index in [0.29, 0.717) is 19.4 Å². The van der Waals surface area contributed by atoms with Crippen molar-refractivity contribution in [2.45, 2.75) is 19.7 Å². The van der Waals surface area contributed by atoms with Crippen molar-refractivity contribution in [2.24, 2.45) is 11.8 Å². The van der Waals surface area contributed by atoms with Gasteiger partial charge in [-0.2, -0.15) is 0 Å². The van der Waals surface area contributed by atoms with E-state index in [1.165, 1.54) is 17.1 Å². The normalized spacial score (nSPS) is 24.4. The predicted molar refractivity (Wildman–Crippen MR) is 172 cm³/mol. The van der Waals surface area contributed by atoms with E-state index in [1.54, 1.807) is 46.4 Å². The fraction of sp³-hybridized carbons (Fsp3) is 0.524. The summed E-state index contributed by atoms with van der Waals surface area (Å²) in [5.74, 6) is -0.342. The third-order valence-corrected chi connectivity index (χ3v) is 11.5. The van der Waals surface area contributed by atoms with Crippen LogP contribution in [0.25, 0.3) is 0 Å². The van der Waals surface area contributed by atoms with Crippen LogP contribution >= 0.6 is 53.6 Å². The Hall–Kier alpha value is -0.415.